The molecule has 2 N–H and O–H groups in total. The smallest absolute Gasteiger partial charge is 0.335 e. The Balaban J connectivity index is 1.33. The zero-order valence-corrected chi connectivity index (χ0v) is 22.7. The van der Waals surface area contributed by atoms with E-state index in [1.807, 2.05) is 89.8 Å². The van der Waals surface area contributed by atoms with Gasteiger partial charge in [-0.3, -0.25) is 4.98 Å². The second-order valence-corrected chi connectivity index (χ2v) is 9.74. The van der Waals surface area contributed by atoms with Crippen LogP contribution in [0.4, 0.5) is 5.69 Å². The number of thiocarbonyl (C=S) groups is 1. The van der Waals surface area contributed by atoms with Gasteiger partial charge in [0.15, 0.2) is 5.11 Å². The van der Waals surface area contributed by atoms with E-state index in [9.17, 15) is 9.90 Å². The summed E-state index contributed by atoms with van der Waals surface area (Å²) < 4.78 is 17.6. The number of carbonyl (C=O) groups is 1. The number of rotatable bonds is 8. The zero-order valence-electron chi connectivity index (χ0n) is 21.9. The van der Waals surface area contributed by atoms with Crippen molar-refractivity contribution < 1.29 is 23.8 Å². The minimum Gasteiger partial charge on any atom is -0.497 e. The van der Waals surface area contributed by atoms with E-state index in [0.29, 0.717) is 33.7 Å². The Morgan fingerprint density at radius 1 is 0.927 bits per heavy atom. The van der Waals surface area contributed by atoms with Crippen molar-refractivity contribution in [2.24, 2.45) is 0 Å². The number of pyridine rings is 1. The van der Waals surface area contributed by atoms with Gasteiger partial charge in [0.2, 0.25) is 0 Å². The molecule has 204 valence electrons. The first kappa shape index (κ1) is 26.1. The highest BCUT2D eigenvalue weighted by atomic mass is 32.1. The zero-order chi connectivity index (χ0) is 28.3. The highest BCUT2D eigenvalue weighted by molar-refractivity contribution is 7.80. The van der Waals surface area contributed by atoms with Crippen LogP contribution in [0.3, 0.4) is 0 Å². The normalized spacial score (nSPS) is 16.3. The van der Waals surface area contributed by atoms with E-state index in [0.717, 1.165) is 17.1 Å². The number of carboxylic acid groups (broad SMARTS) is 1. The van der Waals surface area contributed by atoms with Crippen LogP contribution in [0.1, 0.15) is 33.9 Å². The van der Waals surface area contributed by atoms with Crippen molar-refractivity contribution in [1.29, 1.82) is 0 Å². The van der Waals surface area contributed by atoms with Crippen LogP contribution in [0.2, 0.25) is 0 Å². The highest BCUT2D eigenvalue weighted by Gasteiger charge is 2.42. The van der Waals surface area contributed by atoms with Crippen LogP contribution in [-0.4, -0.2) is 28.3 Å². The number of ether oxygens (including phenoxy) is 2. The number of benzene rings is 3. The number of furan rings is 1. The number of carboxylic acids is 1. The Morgan fingerprint density at radius 2 is 1.66 bits per heavy atom. The van der Waals surface area contributed by atoms with Gasteiger partial charge >= 0.3 is 5.97 Å². The lowest BCUT2D eigenvalue weighted by molar-refractivity contribution is 0.0697. The van der Waals surface area contributed by atoms with Gasteiger partial charge in [-0.2, -0.15) is 0 Å². The van der Waals surface area contributed by atoms with Gasteiger partial charge in [-0.15, -0.1) is 0 Å². The van der Waals surface area contributed by atoms with Crippen molar-refractivity contribution in [3.05, 3.63) is 126 Å². The summed E-state index contributed by atoms with van der Waals surface area (Å²) in [4.78, 5) is 18.1. The molecule has 0 saturated carbocycles. The van der Waals surface area contributed by atoms with Gasteiger partial charge in [0.05, 0.1) is 24.4 Å². The molecule has 41 heavy (non-hydrogen) atoms. The standard InChI is InChI=1S/C32H25N3O5S/c1-38-23-12-14-25(15-13-23)39-24-10-8-22(9-11-24)35-30(29(34-32(35)41)26-7-2-3-18-33-26)28-17-16-27(40-28)20-5-4-6-21(19-20)31(36)37/h2-19,29-30H,1H3,(H,34,41)(H,36,37). The average Bonchev–Trinajstić information content (AvgIpc) is 3.63. The maximum atomic E-state index is 11.5. The van der Waals surface area contributed by atoms with Crippen molar-refractivity contribution in [2.75, 3.05) is 12.0 Å². The van der Waals surface area contributed by atoms with E-state index in [2.05, 4.69) is 10.3 Å². The van der Waals surface area contributed by atoms with Crippen LogP contribution >= 0.6 is 12.2 Å². The van der Waals surface area contributed by atoms with Crippen molar-refractivity contribution in [1.82, 2.24) is 10.3 Å². The van der Waals surface area contributed by atoms with Gasteiger partial charge in [0.25, 0.3) is 0 Å². The van der Waals surface area contributed by atoms with Crippen LogP contribution in [0.25, 0.3) is 11.3 Å². The number of hydrogen-bond acceptors (Lipinski definition) is 6. The van der Waals surface area contributed by atoms with E-state index in [1.165, 1.54) is 0 Å². The van der Waals surface area contributed by atoms with Gasteiger partial charge in [0, 0.05) is 17.4 Å². The van der Waals surface area contributed by atoms with Crippen LogP contribution in [0.5, 0.6) is 17.2 Å². The van der Waals surface area contributed by atoms with Gasteiger partial charge < -0.3 is 29.2 Å². The third kappa shape index (κ3) is 5.35. The fraction of sp³-hybridized carbons (Fsp3) is 0.0938. The predicted octanol–water partition coefficient (Wildman–Crippen LogP) is 7.02. The SMILES string of the molecule is COc1ccc(Oc2ccc(N3C(=S)NC(c4ccccn4)C3c3ccc(-c4cccc(C(=O)O)c4)o3)cc2)cc1. The second-order valence-electron chi connectivity index (χ2n) is 9.36. The Labute approximate surface area is 241 Å². The molecule has 2 aromatic heterocycles. The van der Waals surface area contributed by atoms with Crippen LogP contribution in [0, 0.1) is 0 Å². The maximum absolute atomic E-state index is 11.5. The number of aromatic nitrogens is 1. The minimum atomic E-state index is -0.996. The Kier molecular flexibility index (Phi) is 7.09. The molecular weight excluding hydrogens is 538 g/mol. The first-order valence-electron chi connectivity index (χ1n) is 12.9. The number of nitrogens with one attached hydrogen (secondary N) is 1. The molecule has 3 aromatic carbocycles. The number of aromatic carboxylic acids is 1. The van der Waals surface area contributed by atoms with Crippen LogP contribution in [-0.2, 0) is 0 Å². The van der Waals surface area contributed by atoms with E-state index in [1.54, 1.807) is 31.5 Å². The van der Waals surface area contributed by atoms with E-state index < -0.39 is 5.97 Å². The molecule has 6 rings (SSSR count). The number of methoxy groups -OCH3 is 1. The van der Waals surface area contributed by atoms with Gasteiger partial charge in [-0.1, -0.05) is 18.2 Å². The third-order valence-corrected chi connectivity index (χ3v) is 7.14. The first-order valence-corrected chi connectivity index (χ1v) is 13.3. The third-order valence-electron chi connectivity index (χ3n) is 6.82. The second kappa shape index (κ2) is 11.1. The summed E-state index contributed by atoms with van der Waals surface area (Å²) in [5.41, 5.74) is 2.52. The molecule has 1 fully saturated rings. The number of hydrogen-bond donors (Lipinski definition) is 2. The lowest BCUT2D eigenvalue weighted by Gasteiger charge is -2.26. The average molecular weight is 564 g/mol. The molecule has 9 heteroatoms. The molecule has 1 aliphatic heterocycles. The summed E-state index contributed by atoms with van der Waals surface area (Å²) in [5.74, 6) is 2.34. The number of anilines is 1. The van der Waals surface area contributed by atoms with Crippen LogP contribution < -0.4 is 19.7 Å². The highest BCUT2D eigenvalue weighted by Crippen LogP contribution is 2.43. The Bertz CT molecular complexity index is 1690. The maximum Gasteiger partial charge on any atom is 0.335 e. The van der Waals surface area contributed by atoms with Gasteiger partial charge in [-0.05, 0) is 97.1 Å². The fourth-order valence-electron chi connectivity index (χ4n) is 4.85. The molecular formula is C32H25N3O5S. The van der Waals surface area contributed by atoms with E-state index in [4.69, 9.17) is 26.1 Å². The van der Waals surface area contributed by atoms with Gasteiger partial charge in [0.1, 0.15) is 34.8 Å². The fourth-order valence-corrected chi connectivity index (χ4v) is 5.19. The summed E-state index contributed by atoms with van der Waals surface area (Å²) in [6.45, 7) is 0. The van der Waals surface area contributed by atoms with Crippen LogP contribution in [0.15, 0.2) is 114 Å². The molecule has 5 aromatic rings. The number of nitrogens with zero attached hydrogens (tertiary/aromatic N) is 2. The molecule has 1 saturated heterocycles. The molecule has 3 heterocycles. The predicted molar refractivity (Wildman–Crippen MR) is 159 cm³/mol. The summed E-state index contributed by atoms with van der Waals surface area (Å²) in [6.07, 6.45) is 1.75. The molecule has 0 amide bonds. The summed E-state index contributed by atoms with van der Waals surface area (Å²) in [5, 5.41) is 13.4. The minimum absolute atomic E-state index is 0.189. The summed E-state index contributed by atoms with van der Waals surface area (Å²) >= 11 is 5.82. The van der Waals surface area contributed by atoms with Crippen molar-refractivity contribution in [2.45, 2.75) is 12.1 Å². The van der Waals surface area contributed by atoms with Gasteiger partial charge in [-0.25, -0.2) is 4.79 Å². The van der Waals surface area contributed by atoms with E-state index >= 15 is 0 Å². The molecule has 0 radical (unpaired) electrons. The Hall–Kier alpha value is -5.15. The monoisotopic (exact) mass is 563 g/mol. The summed E-state index contributed by atoms with van der Waals surface area (Å²) in [6, 6.07) is 30.6. The van der Waals surface area contributed by atoms with Crippen molar-refractivity contribution in [3.8, 4) is 28.6 Å². The Morgan fingerprint density at radius 3 is 2.34 bits per heavy atom. The molecule has 2 atom stereocenters. The molecule has 1 aliphatic rings. The molecule has 0 spiro atoms. The molecule has 8 nitrogen and oxygen atoms in total. The topological polar surface area (TPSA) is 97.1 Å². The largest absolute Gasteiger partial charge is 0.497 e. The first-order chi connectivity index (χ1) is 20.0. The van der Waals surface area contributed by atoms with E-state index in [-0.39, 0.29) is 17.6 Å². The lowest BCUT2D eigenvalue weighted by Crippen LogP contribution is -2.29. The summed E-state index contributed by atoms with van der Waals surface area (Å²) in [7, 11) is 1.62. The molecule has 0 bridgehead atoms. The van der Waals surface area contributed by atoms with Crippen molar-refractivity contribution in [3.63, 3.8) is 0 Å². The quantitative estimate of drug-likeness (QED) is 0.193. The molecule has 2 unspecified atom stereocenters. The lowest BCUT2D eigenvalue weighted by atomic mass is 10.0. The molecule has 0 aliphatic carbocycles. The van der Waals surface area contributed by atoms with Crippen molar-refractivity contribution >= 4 is 29.0 Å².